The maximum Gasteiger partial charge on any atom is 0.171 e. The first-order valence-electron chi connectivity index (χ1n) is 12.8. The zero-order valence-corrected chi connectivity index (χ0v) is 25.5. The van der Waals surface area contributed by atoms with Gasteiger partial charge in [-0.05, 0) is 107 Å². The van der Waals surface area contributed by atoms with Crippen molar-refractivity contribution in [3.8, 4) is 23.0 Å². The van der Waals surface area contributed by atoms with Crippen molar-refractivity contribution >= 4 is 39.6 Å². The van der Waals surface area contributed by atoms with E-state index in [0.717, 1.165) is 60.4 Å². The maximum absolute atomic E-state index is 10.6. The summed E-state index contributed by atoms with van der Waals surface area (Å²) in [6.45, 7) is 5.54. The molecular formula is C28H38BrIN2O4. The van der Waals surface area contributed by atoms with Crippen molar-refractivity contribution in [3.05, 3.63) is 44.0 Å². The molecule has 4 atom stereocenters. The summed E-state index contributed by atoms with van der Waals surface area (Å²) >= 11 is 2.28. The fraction of sp³-hybridized carbons (Fsp3) is 0.571. The summed E-state index contributed by atoms with van der Waals surface area (Å²) in [7, 11) is 5.07. The Morgan fingerprint density at radius 3 is 2.39 bits per heavy atom. The SMILES string of the molecule is Br.CC[C@H]1CN2CCc3cc(OC)c(OC)cc3[C@@H]2C[C@@H]1C[C@H]1NCCc2c1cc(OC)c(O)c2I. The fourth-order valence-electron chi connectivity index (χ4n) is 6.64. The number of nitrogens with zero attached hydrogens (tertiary/aromatic N) is 1. The normalized spacial score (nSPS) is 25.1. The van der Waals surface area contributed by atoms with E-state index in [0.29, 0.717) is 23.6 Å². The molecule has 3 aliphatic rings. The highest BCUT2D eigenvalue weighted by Crippen LogP contribution is 2.48. The number of hydrogen-bond donors (Lipinski definition) is 2. The zero-order valence-electron chi connectivity index (χ0n) is 21.6. The molecule has 0 saturated carbocycles. The number of phenolic OH excluding ortho intramolecular Hbond substituents is 1. The molecule has 0 unspecified atom stereocenters. The second kappa shape index (κ2) is 11.7. The molecule has 6 nitrogen and oxygen atoms in total. The average Bonchev–Trinajstić information content (AvgIpc) is 2.89. The van der Waals surface area contributed by atoms with Crippen LogP contribution in [0.5, 0.6) is 23.0 Å². The molecule has 3 heterocycles. The Labute approximate surface area is 239 Å². The number of rotatable bonds is 6. The van der Waals surface area contributed by atoms with Gasteiger partial charge in [-0.2, -0.15) is 0 Å². The van der Waals surface area contributed by atoms with Gasteiger partial charge in [0.1, 0.15) is 0 Å². The standard InChI is InChI=1S/C28H37IN2O4.BrH/c1-5-16-15-31-9-7-17-12-24(33-2)25(34-3)13-20(17)23(31)11-18(16)10-22-21-14-26(35-4)28(32)27(29)19(21)6-8-30-22;/h12-14,16,18,22-23,30,32H,5-11,15H2,1-4H3;1H/t16-,18-,22+,23-;/m0./s1. The first-order chi connectivity index (χ1) is 17.0. The van der Waals surface area contributed by atoms with Gasteiger partial charge in [0, 0.05) is 25.2 Å². The molecule has 0 aromatic heterocycles. The van der Waals surface area contributed by atoms with E-state index in [1.807, 2.05) is 0 Å². The van der Waals surface area contributed by atoms with Crippen molar-refractivity contribution in [1.82, 2.24) is 10.2 Å². The van der Waals surface area contributed by atoms with Gasteiger partial charge in [0.25, 0.3) is 0 Å². The molecule has 0 amide bonds. The van der Waals surface area contributed by atoms with E-state index in [9.17, 15) is 5.11 Å². The van der Waals surface area contributed by atoms with Crippen molar-refractivity contribution in [2.45, 2.75) is 51.1 Å². The van der Waals surface area contributed by atoms with E-state index in [4.69, 9.17) is 14.2 Å². The highest BCUT2D eigenvalue weighted by Gasteiger charge is 2.40. The Hall–Kier alpha value is -1.23. The number of methoxy groups -OCH3 is 3. The minimum atomic E-state index is 0. The van der Waals surface area contributed by atoms with Gasteiger partial charge in [0.05, 0.1) is 24.9 Å². The van der Waals surface area contributed by atoms with Crippen LogP contribution in [0.1, 0.15) is 60.5 Å². The summed E-state index contributed by atoms with van der Waals surface area (Å²) in [4.78, 5) is 2.70. The minimum Gasteiger partial charge on any atom is -0.504 e. The number of piperidine rings is 1. The Morgan fingerprint density at radius 1 is 1.00 bits per heavy atom. The van der Waals surface area contributed by atoms with Crippen LogP contribution in [-0.2, 0) is 12.8 Å². The van der Waals surface area contributed by atoms with Crippen LogP contribution in [0.3, 0.4) is 0 Å². The molecular weight excluding hydrogens is 635 g/mol. The number of aromatic hydroxyl groups is 1. The van der Waals surface area contributed by atoms with Crippen LogP contribution in [-0.4, -0.2) is 51.0 Å². The van der Waals surface area contributed by atoms with Crippen molar-refractivity contribution < 1.29 is 19.3 Å². The van der Waals surface area contributed by atoms with E-state index in [1.54, 1.807) is 21.3 Å². The number of benzene rings is 2. The molecule has 2 aromatic rings. The number of hydrogen-bond acceptors (Lipinski definition) is 6. The molecule has 8 heteroatoms. The van der Waals surface area contributed by atoms with Crippen LogP contribution in [0.15, 0.2) is 18.2 Å². The third kappa shape index (κ3) is 4.95. The van der Waals surface area contributed by atoms with Gasteiger partial charge in [-0.3, -0.25) is 4.90 Å². The smallest absolute Gasteiger partial charge is 0.171 e. The molecule has 0 aliphatic carbocycles. The molecule has 2 aromatic carbocycles. The summed E-state index contributed by atoms with van der Waals surface area (Å²) in [6, 6.07) is 7.17. The first kappa shape index (κ1) is 27.8. The highest BCUT2D eigenvalue weighted by molar-refractivity contribution is 14.1. The van der Waals surface area contributed by atoms with Crippen LogP contribution < -0.4 is 19.5 Å². The monoisotopic (exact) mass is 672 g/mol. The van der Waals surface area contributed by atoms with Crippen molar-refractivity contribution in [2.24, 2.45) is 11.8 Å². The van der Waals surface area contributed by atoms with Crippen LogP contribution >= 0.6 is 39.6 Å². The number of fused-ring (bicyclic) bond motifs is 4. The second-order valence-electron chi connectivity index (χ2n) is 10.1. The molecule has 5 rings (SSSR count). The van der Waals surface area contributed by atoms with E-state index in [2.05, 4.69) is 57.9 Å². The molecule has 1 fully saturated rings. The molecule has 3 aliphatic heterocycles. The predicted molar refractivity (Wildman–Crippen MR) is 156 cm³/mol. The van der Waals surface area contributed by atoms with Crippen LogP contribution in [0, 0.1) is 15.4 Å². The quantitative estimate of drug-likeness (QED) is 0.377. The fourth-order valence-corrected chi connectivity index (χ4v) is 7.49. The van der Waals surface area contributed by atoms with Gasteiger partial charge >= 0.3 is 0 Å². The Kier molecular flexibility index (Phi) is 9.00. The van der Waals surface area contributed by atoms with Crippen molar-refractivity contribution in [1.29, 1.82) is 0 Å². The van der Waals surface area contributed by atoms with Crippen molar-refractivity contribution in [2.75, 3.05) is 41.0 Å². The summed E-state index contributed by atoms with van der Waals surface area (Å²) in [5, 5.41) is 14.4. The Balaban J connectivity index is 0.00000304. The lowest BCUT2D eigenvalue weighted by Crippen LogP contribution is -2.46. The molecule has 0 bridgehead atoms. The summed E-state index contributed by atoms with van der Waals surface area (Å²) in [5.41, 5.74) is 5.38. The molecule has 1 saturated heterocycles. The van der Waals surface area contributed by atoms with Gasteiger partial charge in [0.15, 0.2) is 23.0 Å². The second-order valence-corrected chi connectivity index (χ2v) is 11.2. The number of nitrogens with one attached hydrogen (secondary N) is 1. The summed E-state index contributed by atoms with van der Waals surface area (Å²) in [6.07, 6.45) is 5.45. The van der Waals surface area contributed by atoms with E-state index in [-0.39, 0.29) is 28.8 Å². The largest absolute Gasteiger partial charge is 0.504 e. The van der Waals surface area contributed by atoms with E-state index >= 15 is 0 Å². The minimum absolute atomic E-state index is 0. The molecule has 0 radical (unpaired) electrons. The predicted octanol–water partition coefficient (Wildman–Crippen LogP) is 5.82. The third-order valence-electron chi connectivity index (χ3n) is 8.54. The first-order valence-corrected chi connectivity index (χ1v) is 13.9. The Morgan fingerprint density at radius 2 is 1.69 bits per heavy atom. The summed E-state index contributed by atoms with van der Waals surface area (Å²) < 4.78 is 17.7. The van der Waals surface area contributed by atoms with Gasteiger partial charge < -0.3 is 24.6 Å². The van der Waals surface area contributed by atoms with Crippen molar-refractivity contribution in [3.63, 3.8) is 0 Å². The number of halogens is 2. The molecule has 2 N–H and O–H groups in total. The molecule has 198 valence electrons. The van der Waals surface area contributed by atoms with Crippen LogP contribution in [0.2, 0.25) is 0 Å². The number of phenols is 1. The van der Waals surface area contributed by atoms with Crippen LogP contribution in [0.25, 0.3) is 0 Å². The highest BCUT2D eigenvalue weighted by atomic mass is 127. The van der Waals surface area contributed by atoms with Crippen LogP contribution in [0.4, 0.5) is 0 Å². The number of ether oxygens (including phenoxy) is 3. The molecule has 0 spiro atoms. The van der Waals surface area contributed by atoms with Gasteiger partial charge in [-0.1, -0.05) is 13.3 Å². The Bertz CT molecular complexity index is 1100. The van der Waals surface area contributed by atoms with Gasteiger partial charge in [0.2, 0.25) is 0 Å². The summed E-state index contributed by atoms with van der Waals surface area (Å²) in [5.74, 6) is 3.79. The topological polar surface area (TPSA) is 63.2 Å². The lowest BCUT2D eigenvalue weighted by molar-refractivity contribution is 0.0434. The molecule has 36 heavy (non-hydrogen) atoms. The average molecular weight is 673 g/mol. The third-order valence-corrected chi connectivity index (χ3v) is 9.70. The van der Waals surface area contributed by atoms with Gasteiger partial charge in [-0.15, -0.1) is 17.0 Å². The zero-order chi connectivity index (χ0) is 24.7. The lowest BCUT2D eigenvalue weighted by atomic mass is 9.72. The lowest BCUT2D eigenvalue weighted by Gasteiger charge is -2.48. The van der Waals surface area contributed by atoms with E-state index < -0.39 is 0 Å². The van der Waals surface area contributed by atoms with E-state index in [1.165, 1.54) is 28.7 Å². The maximum atomic E-state index is 10.6. The van der Waals surface area contributed by atoms with Gasteiger partial charge in [-0.25, -0.2) is 0 Å².